The number of benzene rings is 1. The van der Waals surface area contributed by atoms with E-state index in [2.05, 4.69) is 15.5 Å². The smallest absolute Gasteiger partial charge is 0.193 e. The maximum absolute atomic E-state index is 5.71. The Morgan fingerprint density at radius 2 is 1.96 bits per heavy atom. The van der Waals surface area contributed by atoms with Crippen LogP contribution in [0.2, 0.25) is 0 Å². The molecule has 0 aliphatic carbocycles. The lowest BCUT2D eigenvalue weighted by atomic mass is 10.3. The van der Waals surface area contributed by atoms with E-state index in [1.165, 1.54) is 0 Å². The summed E-state index contributed by atoms with van der Waals surface area (Å²) in [5.74, 6) is 2.39. The number of nitrogens with one attached hydrogen (secondary N) is 1. The number of halogens is 1. The van der Waals surface area contributed by atoms with Gasteiger partial charge in [0.2, 0.25) is 0 Å². The van der Waals surface area contributed by atoms with Crippen LogP contribution in [0.3, 0.4) is 0 Å². The van der Waals surface area contributed by atoms with Crippen molar-refractivity contribution < 1.29 is 14.0 Å². The van der Waals surface area contributed by atoms with Crippen LogP contribution < -0.4 is 14.8 Å². The number of methoxy groups -OCH3 is 1. The van der Waals surface area contributed by atoms with E-state index in [1.54, 1.807) is 20.4 Å². The third-order valence-electron chi connectivity index (χ3n) is 3.25. The molecule has 0 bridgehead atoms. The van der Waals surface area contributed by atoms with Crippen molar-refractivity contribution in [3.8, 4) is 11.5 Å². The summed E-state index contributed by atoms with van der Waals surface area (Å²) in [7, 11) is 5.34. The van der Waals surface area contributed by atoms with Crippen molar-refractivity contribution in [2.75, 3.05) is 34.4 Å². The van der Waals surface area contributed by atoms with Gasteiger partial charge in [0.15, 0.2) is 5.96 Å². The molecule has 1 N–H and O–H groups in total. The fourth-order valence-electron chi connectivity index (χ4n) is 1.96. The molecule has 8 heteroatoms. The largest absolute Gasteiger partial charge is 0.497 e. The summed E-state index contributed by atoms with van der Waals surface area (Å²) in [5, 5.41) is 7.07. The predicted molar refractivity (Wildman–Crippen MR) is 103 cm³/mol. The van der Waals surface area contributed by atoms with E-state index in [0.717, 1.165) is 23.2 Å². The highest BCUT2D eigenvalue weighted by Crippen LogP contribution is 2.16. The van der Waals surface area contributed by atoms with Crippen LogP contribution in [-0.2, 0) is 6.54 Å². The van der Waals surface area contributed by atoms with Crippen molar-refractivity contribution in [3.63, 3.8) is 0 Å². The quantitative estimate of drug-likeness (QED) is 0.400. The zero-order valence-electron chi connectivity index (χ0n) is 14.1. The van der Waals surface area contributed by atoms with Crippen molar-refractivity contribution in [3.05, 3.63) is 42.3 Å². The number of rotatable bonds is 7. The summed E-state index contributed by atoms with van der Waals surface area (Å²) in [4.78, 5) is 6.23. The van der Waals surface area contributed by atoms with E-state index < -0.39 is 0 Å². The van der Waals surface area contributed by atoms with Gasteiger partial charge in [-0.15, -0.1) is 24.0 Å². The van der Waals surface area contributed by atoms with Gasteiger partial charge in [-0.3, -0.25) is 4.99 Å². The second-order valence-corrected chi connectivity index (χ2v) is 4.84. The number of hydrogen-bond donors (Lipinski definition) is 1. The van der Waals surface area contributed by atoms with Crippen LogP contribution in [0.25, 0.3) is 0 Å². The number of hydrogen-bond acceptors (Lipinski definition) is 5. The van der Waals surface area contributed by atoms with E-state index in [-0.39, 0.29) is 24.0 Å². The molecule has 0 unspecified atom stereocenters. The van der Waals surface area contributed by atoms with Gasteiger partial charge in [-0.1, -0.05) is 5.16 Å². The third-order valence-corrected chi connectivity index (χ3v) is 3.25. The standard InChI is InChI=1S/C16H22N4O3.HI/c1-17-16(18-12-13-8-10-23-19-13)20(2)9-11-22-15-6-4-14(21-3)5-7-15;/h4-8,10H,9,11-12H2,1-3H3,(H,17,18);1H. The highest BCUT2D eigenvalue weighted by atomic mass is 127. The lowest BCUT2D eigenvalue weighted by molar-refractivity contribution is 0.281. The maximum atomic E-state index is 5.71. The number of guanidine groups is 1. The van der Waals surface area contributed by atoms with Gasteiger partial charge in [-0.05, 0) is 24.3 Å². The minimum Gasteiger partial charge on any atom is -0.497 e. The number of aromatic nitrogens is 1. The third kappa shape index (κ3) is 6.26. The molecule has 2 aromatic rings. The summed E-state index contributed by atoms with van der Waals surface area (Å²) < 4.78 is 15.6. The minimum absolute atomic E-state index is 0. The molecule has 1 aromatic carbocycles. The number of ether oxygens (including phenoxy) is 2. The Balaban J connectivity index is 0.00000288. The zero-order valence-corrected chi connectivity index (χ0v) is 16.4. The second-order valence-electron chi connectivity index (χ2n) is 4.84. The first-order chi connectivity index (χ1) is 11.2. The van der Waals surface area contributed by atoms with Gasteiger partial charge in [0.05, 0.1) is 20.2 Å². The molecule has 0 aliphatic heterocycles. The molecule has 1 heterocycles. The summed E-state index contributed by atoms with van der Waals surface area (Å²) in [6, 6.07) is 9.33. The van der Waals surface area contributed by atoms with Crippen molar-refractivity contribution in [1.82, 2.24) is 15.4 Å². The molecule has 132 valence electrons. The first kappa shape index (κ1) is 20.1. The molecule has 0 aliphatic rings. The molecule has 2 rings (SSSR count). The van der Waals surface area contributed by atoms with Gasteiger partial charge in [0.25, 0.3) is 0 Å². The van der Waals surface area contributed by atoms with E-state index in [0.29, 0.717) is 19.7 Å². The molecule has 0 spiro atoms. The molecule has 0 saturated carbocycles. The topological polar surface area (TPSA) is 72.1 Å². The van der Waals surface area contributed by atoms with Crippen molar-refractivity contribution in [2.24, 2.45) is 4.99 Å². The number of aliphatic imine (C=N–C) groups is 1. The fraction of sp³-hybridized carbons (Fsp3) is 0.375. The molecule has 0 saturated heterocycles. The maximum Gasteiger partial charge on any atom is 0.193 e. The molecule has 0 fully saturated rings. The Hall–Kier alpha value is -1.97. The van der Waals surface area contributed by atoms with Gasteiger partial charge < -0.3 is 24.2 Å². The van der Waals surface area contributed by atoms with Crippen molar-refractivity contribution in [2.45, 2.75) is 6.54 Å². The first-order valence-electron chi connectivity index (χ1n) is 7.31. The lowest BCUT2D eigenvalue weighted by Crippen LogP contribution is -2.40. The summed E-state index contributed by atoms with van der Waals surface area (Å²) in [6.45, 7) is 1.81. The molecular weight excluding hydrogens is 423 g/mol. The van der Waals surface area contributed by atoms with Crippen LogP contribution >= 0.6 is 24.0 Å². The van der Waals surface area contributed by atoms with Gasteiger partial charge in [0.1, 0.15) is 30.1 Å². The predicted octanol–water partition coefficient (Wildman–Crippen LogP) is 2.39. The summed E-state index contributed by atoms with van der Waals surface area (Å²) in [5.41, 5.74) is 0.828. The Morgan fingerprint density at radius 3 is 2.54 bits per heavy atom. The average Bonchev–Trinajstić information content (AvgIpc) is 3.09. The Kier molecular flexibility index (Phi) is 8.98. The Labute approximate surface area is 159 Å². The minimum atomic E-state index is 0. The van der Waals surface area contributed by atoms with E-state index >= 15 is 0 Å². The normalized spacial score (nSPS) is 10.7. The summed E-state index contributed by atoms with van der Waals surface area (Å²) in [6.07, 6.45) is 1.55. The first-order valence-corrected chi connectivity index (χ1v) is 7.31. The van der Waals surface area contributed by atoms with Gasteiger partial charge in [-0.2, -0.15) is 0 Å². The lowest BCUT2D eigenvalue weighted by Gasteiger charge is -2.21. The molecular formula is C16H23IN4O3. The van der Waals surface area contributed by atoms with Crippen molar-refractivity contribution >= 4 is 29.9 Å². The monoisotopic (exact) mass is 446 g/mol. The van der Waals surface area contributed by atoms with E-state index in [9.17, 15) is 0 Å². The SMILES string of the molecule is CN=C(NCc1ccon1)N(C)CCOc1ccc(OC)cc1.I. The van der Waals surface area contributed by atoms with E-state index in [1.807, 2.05) is 42.3 Å². The van der Waals surface area contributed by atoms with Crippen LogP contribution in [0, 0.1) is 0 Å². The molecule has 0 radical (unpaired) electrons. The molecule has 1 aromatic heterocycles. The molecule has 7 nitrogen and oxygen atoms in total. The van der Waals surface area contributed by atoms with Crippen molar-refractivity contribution in [1.29, 1.82) is 0 Å². The molecule has 24 heavy (non-hydrogen) atoms. The number of likely N-dealkylation sites (N-methyl/N-ethyl adjacent to an activating group) is 1. The van der Waals surface area contributed by atoms with Crippen LogP contribution in [0.1, 0.15) is 5.69 Å². The Morgan fingerprint density at radius 1 is 1.25 bits per heavy atom. The van der Waals surface area contributed by atoms with Crippen LogP contribution in [0.4, 0.5) is 0 Å². The zero-order chi connectivity index (χ0) is 16.5. The molecule has 0 atom stereocenters. The Bertz CT molecular complexity index is 602. The number of nitrogens with zero attached hydrogens (tertiary/aromatic N) is 3. The fourth-order valence-corrected chi connectivity index (χ4v) is 1.96. The van der Waals surface area contributed by atoms with Crippen LogP contribution in [0.5, 0.6) is 11.5 Å². The molecule has 0 amide bonds. The highest BCUT2D eigenvalue weighted by molar-refractivity contribution is 14.0. The highest BCUT2D eigenvalue weighted by Gasteiger charge is 2.07. The van der Waals surface area contributed by atoms with E-state index in [4.69, 9.17) is 14.0 Å². The van der Waals surface area contributed by atoms with Crippen LogP contribution in [0.15, 0.2) is 46.1 Å². The van der Waals surface area contributed by atoms with Gasteiger partial charge >= 0.3 is 0 Å². The second kappa shape index (κ2) is 10.7. The average molecular weight is 446 g/mol. The van der Waals surface area contributed by atoms with Gasteiger partial charge in [0, 0.05) is 20.2 Å². The summed E-state index contributed by atoms with van der Waals surface area (Å²) >= 11 is 0. The van der Waals surface area contributed by atoms with Crippen LogP contribution in [-0.4, -0.2) is 50.4 Å². The van der Waals surface area contributed by atoms with Gasteiger partial charge in [-0.25, -0.2) is 0 Å².